The Morgan fingerprint density at radius 2 is 1.96 bits per heavy atom. The van der Waals surface area contributed by atoms with Crippen LogP contribution in [0.3, 0.4) is 0 Å². The van der Waals surface area contributed by atoms with Crippen molar-refractivity contribution >= 4 is 17.6 Å². The summed E-state index contributed by atoms with van der Waals surface area (Å²) in [6, 6.07) is 5.51. The number of hydrogen-bond donors (Lipinski definition) is 1. The van der Waals surface area contributed by atoms with Gasteiger partial charge in [0.2, 0.25) is 0 Å². The number of amides is 1. The number of carbonyl (C=O) groups excluding carboxylic acids is 2. The van der Waals surface area contributed by atoms with E-state index in [0.717, 1.165) is 18.4 Å². The molecule has 0 atom stereocenters. The van der Waals surface area contributed by atoms with E-state index < -0.39 is 0 Å². The maximum Gasteiger partial charge on any atom is 0.306 e. The number of aryl methyl sites for hydroxylation is 1. The minimum absolute atomic E-state index is 0.261. The molecule has 0 aromatic heterocycles. The molecule has 1 fully saturated rings. The van der Waals surface area contributed by atoms with Crippen molar-refractivity contribution in [2.45, 2.75) is 45.4 Å². The van der Waals surface area contributed by atoms with E-state index >= 15 is 0 Å². The van der Waals surface area contributed by atoms with Crippen LogP contribution in [0.2, 0.25) is 0 Å². The molecule has 1 saturated carbocycles. The minimum atomic E-state index is -0.356. The molecule has 0 unspecified atom stereocenters. The zero-order valence-electron chi connectivity index (χ0n) is 13.9. The molecule has 0 saturated heterocycles. The second kappa shape index (κ2) is 8.56. The lowest BCUT2D eigenvalue weighted by molar-refractivity contribution is -0.148. The largest absolute Gasteiger partial charge is 0.495 e. The molecule has 5 heteroatoms. The van der Waals surface area contributed by atoms with E-state index in [-0.39, 0.29) is 18.5 Å². The number of hydrogen-bond acceptors (Lipinski definition) is 4. The number of methoxy groups -OCH3 is 1. The summed E-state index contributed by atoms with van der Waals surface area (Å²) in [4.78, 5) is 23.8. The highest BCUT2D eigenvalue weighted by atomic mass is 16.5. The highest BCUT2D eigenvalue weighted by Crippen LogP contribution is 2.27. The highest BCUT2D eigenvalue weighted by Gasteiger charge is 2.18. The van der Waals surface area contributed by atoms with Crippen LogP contribution in [-0.2, 0) is 14.3 Å². The lowest BCUT2D eigenvalue weighted by Gasteiger charge is -2.20. The zero-order valence-corrected chi connectivity index (χ0v) is 13.9. The topological polar surface area (TPSA) is 64.6 Å². The maximum atomic E-state index is 11.9. The summed E-state index contributed by atoms with van der Waals surface area (Å²) in [7, 11) is 1.55. The second-order valence-corrected chi connectivity index (χ2v) is 6.12. The lowest BCUT2D eigenvalue weighted by Crippen LogP contribution is -2.22. The van der Waals surface area contributed by atoms with Gasteiger partial charge in [0.05, 0.1) is 12.8 Å². The van der Waals surface area contributed by atoms with Gasteiger partial charge in [-0.3, -0.25) is 9.59 Å². The van der Waals surface area contributed by atoms with Crippen molar-refractivity contribution in [1.29, 1.82) is 0 Å². The Hall–Kier alpha value is -2.04. The number of carbonyl (C=O) groups is 2. The van der Waals surface area contributed by atoms with Crippen LogP contribution >= 0.6 is 0 Å². The molecule has 0 bridgehead atoms. The molecule has 0 heterocycles. The first-order valence-corrected chi connectivity index (χ1v) is 8.18. The third kappa shape index (κ3) is 5.58. The van der Waals surface area contributed by atoms with Crippen molar-refractivity contribution in [3.8, 4) is 5.75 Å². The van der Waals surface area contributed by atoms with Crippen molar-refractivity contribution in [3.05, 3.63) is 23.8 Å². The summed E-state index contributed by atoms with van der Waals surface area (Å²) in [6.07, 6.45) is 6.22. The number of ether oxygens (including phenoxy) is 2. The van der Waals surface area contributed by atoms with Crippen LogP contribution in [0, 0.1) is 12.8 Å². The van der Waals surface area contributed by atoms with Crippen molar-refractivity contribution in [2.24, 2.45) is 5.92 Å². The zero-order chi connectivity index (χ0) is 16.7. The van der Waals surface area contributed by atoms with E-state index in [1.807, 2.05) is 19.1 Å². The minimum Gasteiger partial charge on any atom is -0.495 e. The fourth-order valence-corrected chi connectivity index (χ4v) is 2.94. The molecule has 1 N–H and O–H groups in total. The molecule has 1 aromatic rings. The summed E-state index contributed by atoms with van der Waals surface area (Å²) in [5.74, 6) is 0.350. The first-order valence-electron chi connectivity index (χ1n) is 8.18. The quantitative estimate of drug-likeness (QED) is 0.816. The Balaban J connectivity index is 1.78. The van der Waals surface area contributed by atoms with E-state index in [1.165, 1.54) is 19.3 Å². The van der Waals surface area contributed by atoms with E-state index in [0.29, 0.717) is 23.8 Å². The third-order valence-electron chi connectivity index (χ3n) is 4.17. The molecular formula is C18H25NO4. The summed E-state index contributed by atoms with van der Waals surface area (Å²) in [6.45, 7) is 1.67. The van der Waals surface area contributed by atoms with Crippen LogP contribution < -0.4 is 10.1 Å². The normalized spacial score (nSPS) is 15.0. The fraction of sp³-hybridized carbons (Fsp3) is 0.556. The van der Waals surface area contributed by atoms with Crippen molar-refractivity contribution < 1.29 is 19.1 Å². The van der Waals surface area contributed by atoms with E-state index in [4.69, 9.17) is 9.47 Å². The predicted molar refractivity (Wildman–Crippen MR) is 88.5 cm³/mol. The second-order valence-electron chi connectivity index (χ2n) is 6.12. The number of anilines is 1. The molecule has 0 spiro atoms. The van der Waals surface area contributed by atoms with Gasteiger partial charge < -0.3 is 14.8 Å². The van der Waals surface area contributed by atoms with Crippen molar-refractivity contribution in [1.82, 2.24) is 0 Å². The Labute approximate surface area is 137 Å². The van der Waals surface area contributed by atoms with Crippen molar-refractivity contribution in [3.63, 3.8) is 0 Å². The van der Waals surface area contributed by atoms with Gasteiger partial charge in [0.15, 0.2) is 6.61 Å². The van der Waals surface area contributed by atoms with Gasteiger partial charge in [0, 0.05) is 6.42 Å². The summed E-state index contributed by atoms with van der Waals surface area (Å²) >= 11 is 0. The fourth-order valence-electron chi connectivity index (χ4n) is 2.94. The standard InChI is InChI=1S/C18H25NO4/c1-13-8-9-16(22-2)15(10-13)19-17(20)12-23-18(21)11-14-6-4-3-5-7-14/h8-10,14H,3-7,11-12H2,1-2H3,(H,19,20). The number of rotatable bonds is 6. The predicted octanol–water partition coefficient (Wildman–Crippen LogP) is 3.46. The van der Waals surface area contributed by atoms with Gasteiger partial charge in [-0.2, -0.15) is 0 Å². The van der Waals surface area contributed by atoms with E-state index in [2.05, 4.69) is 5.32 Å². The first-order chi connectivity index (χ1) is 11.1. The van der Waals surface area contributed by atoms with Gasteiger partial charge in [-0.1, -0.05) is 25.3 Å². The van der Waals surface area contributed by atoms with Crippen LogP contribution in [0.25, 0.3) is 0 Å². The molecule has 23 heavy (non-hydrogen) atoms. The molecule has 126 valence electrons. The van der Waals surface area contributed by atoms with Crippen LogP contribution in [0.15, 0.2) is 18.2 Å². The Morgan fingerprint density at radius 1 is 1.22 bits per heavy atom. The molecule has 1 aliphatic carbocycles. The Morgan fingerprint density at radius 3 is 2.65 bits per heavy atom. The van der Waals surface area contributed by atoms with E-state index in [9.17, 15) is 9.59 Å². The molecule has 1 aliphatic rings. The number of benzene rings is 1. The molecule has 1 amide bonds. The van der Waals surface area contributed by atoms with E-state index in [1.54, 1.807) is 13.2 Å². The van der Waals surface area contributed by atoms with Gasteiger partial charge in [-0.25, -0.2) is 0 Å². The first kappa shape index (κ1) is 17.3. The average Bonchev–Trinajstić information content (AvgIpc) is 2.54. The van der Waals surface area contributed by atoms with Crippen molar-refractivity contribution in [2.75, 3.05) is 19.0 Å². The smallest absolute Gasteiger partial charge is 0.306 e. The molecule has 2 rings (SSSR count). The number of nitrogens with one attached hydrogen (secondary N) is 1. The van der Waals surface area contributed by atoms with Crippen LogP contribution in [0.5, 0.6) is 5.75 Å². The summed E-state index contributed by atoms with van der Waals surface area (Å²) in [5, 5.41) is 2.72. The average molecular weight is 319 g/mol. The number of esters is 1. The maximum absolute atomic E-state index is 11.9. The van der Waals surface area contributed by atoms with Crippen LogP contribution in [0.1, 0.15) is 44.1 Å². The molecular weight excluding hydrogens is 294 g/mol. The van der Waals surface area contributed by atoms with Crippen LogP contribution in [-0.4, -0.2) is 25.6 Å². The van der Waals surface area contributed by atoms with Crippen LogP contribution in [0.4, 0.5) is 5.69 Å². The summed E-state index contributed by atoms with van der Waals surface area (Å²) < 4.78 is 10.3. The Kier molecular flexibility index (Phi) is 6.44. The monoisotopic (exact) mass is 319 g/mol. The molecule has 1 aromatic carbocycles. The third-order valence-corrected chi connectivity index (χ3v) is 4.17. The lowest BCUT2D eigenvalue weighted by atomic mass is 9.87. The van der Waals surface area contributed by atoms with Gasteiger partial charge >= 0.3 is 5.97 Å². The van der Waals surface area contributed by atoms with Gasteiger partial charge in [0.25, 0.3) is 5.91 Å². The van der Waals surface area contributed by atoms with Gasteiger partial charge in [-0.15, -0.1) is 0 Å². The molecule has 5 nitrogen and oxygen atoms in total. The SMILES string of the molecule is COc1ccc(C)cc1NC(=O)COC(=O)CC1CCCCC1. The van der Waals surface area contributed by atoms with Gasteiger partial charge in [-0.05, 0) is 43.4 Å². The summed E-state index contributed by atoms with van der Waals surface area (Å²) in [5.41, 5.74) is 1.59. The molecule has 0 aliphatic heterocycles. The highest BCUT2D eigenvalue weighted by molar-refractivity contribution is 5.94. The Bertz CT molecular complexity index is 550. The molecule has 0 radical (unpaired) electrons. The van der Waals surface area contributed by atoms with Gasteiger partial charge in [0.1, 0.15) is 5.75 Å².